The number of fused-ring (bicyclic) bond motifs is 2. The zero-order chi connectivity index (χ0) is 63.0. The van der Waals surface area contributed by atoms with Gasteiger partial charge < -0.3 is 46.8 Å². The fourth-order valence-corrected chi connectivity index (χ4v) is 13.1. The average Bonchev–Trinajstić information content (AvgIpc) is 2.03. The molecule has 0 radical (unpaired) electrons. The number of imidazole rings is 2. The van der Waals surface area contributed by atoms with Crippen molar-refractivity contribution in [3.63, 3.8) is 0 Å². The minimum Gasteiger partial charge on any atom is -0.497 e. The molecule has 0 aliphatic carbocycles. The number of benzene rings is 4. The van der Waals surface area contributed by atoms with Crippen LogP contribution in [0.2, 0.25) is 18.1 Å². The predicted octanol–water partition coefficient (Wildman–Crippen LogP) is 9.84. The van der Waals surface area contributed by atoms with Gasteiger partial charge in [-0.2, -0.15) is 10.2 Å². The molecule has 1 aliphatic heterocycles. The van der Waals surface area contributed by atoms with E-state index in [0.29, 0.717) is 17.1 Å². The molecule has 0 spiro atoms. The predicted molar refractivity (Wildman–Crippen MR) is 331 cm³/mol. The highest BCUT2D eigenvalue weighted by Crippen LogP contribution is 2.52. The molecule has 0 bridgehead atoms. The third kappa shape index (κ3) is 14.5. The number of nitrogens with one attached hydrogen (secondary N) is 3. The summed E-state index contributed by atoms with van der Waals surface area (Å²) in [4.78, 5) is 76.3. The van der Waals surface area contributed by atoms with E-state index in [2.05, 4.69) is 36.6 Å². The molecule has 9 rings (SSSR count). The van der Waals surface area contributed by atoms with E-state index in [1.807, 2.05) is 113 Å². The van der Waals surface area contributed by atoms with Crippen molar-refractivity contribution in [2.24, 2.45) is 5.92 Å². The maximum absolute atomic E-state index is 14.0. The van der Waals surface area contributed by atoms with Crippen molar-refractivity contribution in [1.29, 1.82) is 5.26 Å². The van der Waals surface area contributed by atoms with E-state index in [4.69, 9.17) is 63.2 Å². The second-order valence-electron chi connectivity index (χ2n) is 22.1. The van der Waals surface area contributed by atoms with Gasteiger partial charge in [-0.3, -0.25) is 29.3 Å². The number of carbonyl (C=O) groups excluding carboxylic acids is 2. The largest absolute Gasteiger partial charge is 0.695 e. The van der Waals surface area contributed by atoms with Crippen LogP contribution in [-0.4, -0.2) is 116 Å². The molecule has 462 valence electrons. The zero-order valence-electron chi connectivity index (χ0n) is 49.8. The van der Waals surface area contributed by atoms with Crippen LogP contribution in [0, 0.1) is 17.2 Å². The van der Waals surface area contributed by atoms with E-state index in [1.165, 1.54) is 17.2 Å². The van der Waals surface area contributed by atoms with Crippen LogP contribution in [0.25, 0.3) is 22.3 Å². The molecular weight excluding hydrogens is 1210 g/mol. The molecular formula is C59H68N11O14P2SSi+. The Balaban J connectivity index is 1.06. The van der Waals surface area contributed by atoms with Gasteiger partial charge in [-0.1, -0.05) is 107 Å². The van der Waals surface area contributed by atoms with Crippen LogP contribution >= 0.6 is 15.0 Å². The summed E-state index contributed by atoms with van der Waals surface area (Å²) in [6, 6.07) is 35.1. The Bertz CT molecular complexity index is 3870. The van der Waals surface area contributed by atoms with Crippen molar-refractivity contribution in [1.82, 2.24) is 39.0 Å². The van der Waals surface area contributed by atoms with Gasteiger partial charge in [-0.05, 0) is 83.0 Å². The van der Waals surface area contributed by atoms with Crippen molar-refractivity contribution in [3.8, 4) is 17.6 Å². The number of H-pyrrole nitrogens is 1. The number of hydrogen-bond acceptors (Lipinski definition) is 20. The Morgan fingerprint density at radius 3 is 2.07 bits per heavy atom. The summed E-state index contributed by atoms with van der Waals surface area (Å²) in [6.07, 6.45) is -2.25. The number of carbonyl (C=O) groups is 2. The highest BCUT2D eigenvalue weighted by molar-refractivity contribution is 8.07. The lowest BCUT2D eigenvalue weighted by Gasteiger charge is -2.40. The zero-order valence-corrected chi connectivity index (χ0v) is 53.4. The van der Waals surface area contributed by atoms with Crippen molar-refractivity contribution >= 4 is 81.0 Å². The van der Waals surface area contributed by atoms with Gasteiger partial charge >= 0.3 is 15.0 Å². The molecule has 6 atom stereocenters. The molecule has 5 heterocycles. The molecule has 88 heavy (non-hydrogen) atoms. The van der Waals surface area contributed by atoms with Gasteiger partial charge in [-0.15, -0.1) is 9.42 Å². The lowest BCUT2D eigenvalue weighted by Crippen LogP contribution is -2.50. The summed E-state index contributed by atoms with van der Waals surface area (Å²) in [5.41, 5.74) is 0.949. The first kappa shape index (κ1) is 64.9. The Hall–Kier alpha value is -7.54. The molecule has 25 nitrogen and oxygen atoms in total. The minimum atomic E-state index is -3.94. The van der Waals surface area contributed by atoms with Gasteiger partial charge in [0, 0.05) is 22.6 Å². The third-order valence-corrected chi connectivity index (χ3v) is 22.4. The van der Waals surface area contributed by atoms with Gasteiger partial charge in [0.05, 0.1) is 52.9 Å². The summed E-state index contributed by atoms with van der Waals surface area (Å²) >= 11 is 6.13. The number of nitrogens with zero attached hydrogens (tertiary/aromatic N) is 8. The quantitative estimate of drug-likeness (QED) is 0.0161. The molecule has 4 aromatic heterocycles. The topological polar surface area (TPSA) is 310 Å². The fraction of sp³-hybridized carbons (Fsp3) is 0.373. The Morgan fingerprint density at radius 1 is 0.841 bits per heavy atom. The summed E-state index contributed by atoms with van der Waals surface area (Å²) in [5.74, 6) is 0.114. The first-order valence-electron chi connectivity index (χ1n) is 28.0. The van der Waals surface area contributed by atoms with E-state index >= 15 is 0 Å². The molecule has 1 fully saturated rings. The van der Waals surface area contributed by atoms with Crippen LogP contribution in [0.5, 0.6) is 11.5 Å². The van der Waals surface area contributed by atoms with Crippen molar-refractivity contribution in [2.45, 2.75) is 102 Å². The first-order chi connectivity index (χ1) is 42.1. The second-order valence-corrected chi connectivity index (χ2v) is 30.6. The summed E-state index contributed by atoms with van der Waals surface area (Å²) < 4.78 is 73.1. The molecule has 2 unspecified atom stereocenters. The number of anilines is 2. The van der Waals surface area contributed by atoms with E-state index < -0.39 is 88.4 Å². The number of ether oxygens (including phenoxy) is 4. The number of methoxy groups -OCH3 is 2. The lowest BCUT2D eigenvalue weighted by atomic mass is 9.80. The SMILES string of the molecule is COc1ccc(C(OCc2nc3c(=O)[nH]c(NC(=O)C(C)C)nc3n2CCOP(=S)(OCCC#N)OC[C@H]2O[C@@H](n3cnc4c(NC(=O)c5ccccc5)ncnc43)[C@H](O[P+](=O)O)[C@@H]2O[Si](C)(C)C(C)(C)C)(c2ccccc2)c2ccc(OC)cc2)cc1. The highest BCUT2D eigenvalue weighted by atomic mass is 32.5. The highest BCUT2D eigenvalue weighted by Gasteiger charge is 2.55. The third-order valence-electron chi connectivity index (χ3n) is 15.1. The monoisotopic (exact) mass is 1280 g/mol. The van der Waals surface area contributed by atoms with Gasteiger partial charge in [-0.25, -0.2) is 19.9 Å². The first-order valence-corrected chi connectivity index (χ1v) is 34.6. The van der Waals surface area contributed by atoms with Crippen molar-refractivity contribution < 1.29 is 60.5 Å². The maximum atomic E-state index is 14.0. The smallest absolute Gasteiger partial charge is 0.497 e. The molecule has 1 saturated heterocycles. The molecule has 1 aliphatic rings. The van der Waals surface area contributed by atoms with E-state index in [0.717, 1.165) is 16.7 Å². The molecule has 0 saturated carbocycles. The summed E-state index contributed by atoms with van der Waals surface area (Å²) in [6.45, 7) is 8.29. The number of rotatable bonds is 27. The number of nitriles is 1. The van der Waals surface area contributed by atoms with Crippen LogP contribution in [0.3, 0.4) is 0 Å². The van der Waals surface area contributed by atoms with Crippen LogP contribution in [0.15, 0.2) is 127 Å². The van der Waals surface area contributed by atoms with E-state index in [9.17, 15) is 29.1 Å². The van der Waals surface area contributed by atoms with E-state index in [1.54, 1.807) is 63.0 Å². The number of aromatic nitrogens is 8. The fourth-order valence-electron chi connectivity index (χ4n) is 9.53. The van der Waals surface area contributed by atoms with Gasteiger partial charge in [0.2, 0.25) is 11.9 Å². The van der Waals surface area contributed by atoms with Gasteiger partial charge in [0.15, 0.2) is 48.8 Å². The molecule has 29 heteroatoms. The van der Waals surface area contributed by atoms with Crippen molar-refractivity contribution in [3.05, 3.63) is 160 Å². The van der Waals surface area contributed by atoms with E-state index in [-0.39, 0.29) is 72.7 Å². The minimum absolute atomic E-state index is 0.0658. The Labute approximate surface area is 514 Å². The summed E-state index contributed by atoms with van der Waals surface area (Å²) in [7, 11) is -2.94. The van der Waals surface area contributed by atoms with Gasteiger partial charge in [0.25, 0.3) is 11.5 Å². The number of aromatic amines is 1. The molecule has 2 amide bonds. The number of amides is 2. The lowest BCUT2D eigenvalue weighted by molar-refractivity contribution is -0.118. The standard InChI is InChI=1S/C59H67N11O14P2SSi/c1-37(2)53(71)67-57-66-52-47(55(73)68-57)64-45(34-78-59(39-19-14-11-15-20-39,40-21-25-42(76-6)26-22-40)41-23-27-43(77-7)28-24-41)69(52)30-32-80-86(87,79-31-16-29-60)81-33-44-48(84-88(8,9)58(3,4)5)49(83-85(74)75)56(82-44)70-36-63-46-50(61-35-62-51(46)70)65-54(72)38-17-12-10-13-18-38/h10-15,17-28,35-37,44,48-49,56H,16,30-34H2,1-9H3,(H3-,61,62,65,66,67,68,71,72,73,74,75)/p+1/t44-,48-,49-,56-,86?/m1/s1. The summed E-state index contributed by atoms with van der Waals surface area (Å²) in [5, 5.41) is 14.7. The van der Waals surface area contributed by atoms with Crippen LogP contribution < -0.4 is 25.7 Å². The number of hydrogen-bond donors (Lipinski definition) is 4. The van der Waals surface area contributed by atoms with Crippen LogP contribution in [0.4, 0.5) is 11.8 Å². The second kappa shape index (κ2) is 27.9. The van der Waals surface area contributed by atoms with Crippen LogP contribution in [-0.2, 0) is 71.9 Å². The average molecular weight is 1280 g/mol. The normalized spacial score (nSPS) is 17.2. The molecule has 4 aromatic carbocycles. The van der Waals surface area contributed by atoms with Gasteiger partial charge in [0.1, 0.15) is 48.1 Å². The maximum Gasteiger partial charge on any atom is 0.695 e. The molecule has 8 aromatic rings. The molecule has 4 N–H and O–H groups in total. The van der Waals surface area contributed by atoms with Crippen molar-refractivity contribution in [2.75, 3.05) is 44.7 Å². The Morgan fingerprint density at radius 2 is 1.47 bits per heavy atom. The van der Waals surface area contributed by atoms with Crippen LogP contribution in [0.1, 0.15) is 80.1 Å². The Kier molecular flexibility index (Phi) is 20.6.